The molecule has 102 valence electrons. The van der Waals surface area contributed by atoms with E-state index in [0.717, 1.165) is 29.7 Å². The second kappa shape index (κ2) is 5.89. The van der Waals surface area contributed by atoms with Crippen LogP contribution in [-0.2, 0) is 0 Å². The topological polar surface area (TPSA) is 54.2 Å². The summed E-state index contributed by atoms with van der Waals surface area (Å²) in [4.78, 5) is 6.64. The maximum absolute atomic E-state index is 6.02. The first kappa shape index (κ1) is 13.6. The van der Waals surface area contributed by atoms with Crippen molar-refractivity contribution < 1.29 is 0 Å². The number of benzene rings is 1. The van der Waals surface area contributed by atoms with Crippen LogP contribution < -0.4 is 11.1 Å². The Kier molecular flexibility index (Phi) is 4.22. The molecule has 19 heavy (non-hydrogen) atoms. The molecule has 1 heterocycles. The summed E-state index contributed by atoms with van der Waals surface area (Å²) in [6.45, 7) is 6.23. The zero-order valence-corrected chi connectivity index (χ0v) is 11.9. The fraction of sp³-hybridized carbons (Fsp3) is 0.400. The van der Waals surface area contributed by atoms with E-state index in [1.54, 1.807) is 6.20 Å². The highest BCUT2D eigenvalue weighted by Gasteiger charge is 2.07. The molecule has 0 fully saturated rings. The summed E-state index contributed by atoms with van der Waals surface area (Å²) in [6, 6.07) is 8.60. The average molecular weight is 258 g/mol. The lowest BCUT2D eigenvalue weighted by Crippen LogP contribution is -2.31. The monoisotopic (exact) mass is 258 g/mol. The van der Waals surface area contributed by atoms with Gasteiger partial charge >= 0.3 is 0 Å². The lowest BCUT2D eigenvalue weighted by atomic mass is 10.1. The first-order valence-corrected chi connectivity index (χ1v) is 6.67. The standard InChI is InChI=1S/C15H22N4/c1-11(2)19(3)9-8-17-15-12-6-4-5-7-14(12)18-10-13(15)16/h4-7,10-11H,8-9,16H2,1-3H3,(H,17,18). The zero-order chi connectivity index (χ0) is 13.8. The van der Waals surface area contributed by atoms with E-state index in [4.69, 9.17) is 5.73 Å². The second-order valence-corrected chi connectivity index (χ2v) is 5.11. The van der Waals surface area contributed by atoms with Crippen LogP contribution in [-0.4, -0.2) is 36.1 Å². The number of aromatic nitrogens is 1. The molecule has 0 spiro atoms. The average Bonchev–Trinajstić information content (AvgIpc) is 2.41. The minimum atomic E-state index is 0.549. The first-order chi connectivity index (χ1) is 9.09. The summed E-state index contributed by atoms with van der Waals surface area (Å²) in [6.07, 6.45) is 1.72. The first-order valence-electron chi connectivity index (χ1n) is 6.67. The van der Waals surface area contributed by atoms with Crippen molar-refractivity contribution in [1.29, 1.82) is 0 Å². The van der Waals surface area contributed by atoms with Gasteiger partial charge in [-0.2, -0.15) is 0 Å². The van der Waals surface area contributed by atoms with Gasteiger partial charge in [0.05, 0.1) is 23.1 Å². The Balaban J connectivity index is 2.14. The molecule has 0 aliphatic rings. The molecule has 2 aromatic rings. The van der Waals surface area contributed by atoms with Crippen molar-refractivity contribution in [3.63, 3.8) is 0 Å². The van der Waals surface area contributed by atoms with Crippen molar-refractivity contribution in [1.82, 2.24) is 9.88 Å². The van der Waals surface area contributed by atoms with E-state index in [1.807, 2.05) is 24.3 Å². The van der Waals surface area contributed by atoms with E-state index in [1.165, 1.54) is 0 Å². The lowest BCUT2D eigenvalue weighted by molar-refractivity contribution is 0.284. The molecule has 0 bridgehead atoms. The van der Waals surface area contributed by atoms with Crippen LogP contribution in [0.4, 0.5) is 11.4 Å². The van der Waals surface area contributed by atoms with E-state index < -0.39 is 0 Å². The SMILES string of the molecule is CC(C)N(C)CCNc1c(N)cnc2ccccc12. The molecular formula is C15H22N4. The fourth-order valence-corrected chi connectivity index (χ4v) is 1.97. The predicted molar refractivity (Wildman–Crippen MR) is 82.4 cm³/mol. The molecule has 1 aromatic carbocycles. The van der Waals surface area contributed by atoms with Crippen molar-refractivity contribution >= 4 is 22.3 Å². The van der Waals surface area contributed by atoms with Gasteiger partial charge in [0.15, 0.2) is 0 Å². The van der Waals surface area contributed by atoms with E-state index in [9.17, 15) is 0 Å². The number of anilines is 2. The smallest absolute Gasteiger partial charge is 0.0743 e. The van der Waals surface area contributed by atoms with Gasteiger partial charge in [0.25, 0.3) is 0 Å². The van der Waals surface area contributed by atoms with Crippen LogP contribution in [0.25, 0.3) is 10.9 Å². The number of hydrogen-bond donors (Lipinski definition) is 2. The minimum absolute atomic E-state index is 0.549. The highest BCUT2D eigenvalue weighted by molar-refractivity contribution is 5.96. The Hall–Kier alpha value is -1.81. The summed E-state index contributed by atoms with van der Waals surface area (Å²) in [5.74, 6) is 0. The van der Waals surface area contributed by atoms with Crippen LogP contribution in [0.5, 0.6) is 0 Å². The van der Waals surface area contributed by atoms with Crippen LogP contribution >= 0.6 is 0 Å². The van der Waals surface area contributed by atoms with Gasteiger partial charge in [0.1, 0.15) is 0 Å². The number of likely N-dealkylation sites (N-methyl/N-ethyl adjacent to an activating group) is 1. The molecule has 0 radical (unpaired) electrons. The number of pyridine rings is 1. The summed E-state index contributed by atoms with van der Waals surface area (Å²) in [5.41, 5.74) is 8.68. The molecule has 3 N–H and O–H groups in total. The van der Waals surface area contributed by atoms with Gasteiger partial charge in [-0.1, -0.05) is 18.2 Å². The van der Waals surface area contributed by atoms with Crippen LogP contribution in [0.3, 0.4) is 0 Å². The fourth-order valence-electron chi connectivity index (χ4n) is 1.97. The predicted octanol–water partition coefficient (Wildman–Crippen LogP) is 2.57. The number of nitrogens with one attached hydrogen (secondary N) is 1. The quantitative estimate of drug-likeness (QED) is 0.865. The molecule has 0 saturated heterocycles. The third-order valence-corrected chi connectivity index (χ3v) is 3.45. The summed E-state index contributed by atoms with van der Waals surface area (Å²) >= 11 is 0. The third kappa shape index (κ3) is 3.15. The molecule has 0 unspecified atom stereocenters. The molecule has 0 atom stereocenters. The van der Waals surface area contributed by atoms with Crippen molar-refractivity contribution in [3.8, 4) is 0 Å². The zero-order valence-electron chi connectivity index (χ0n) is 11.9. The number of nitrogen functional groups attached to an aromatic ring is 1. The highest BCUT2D eigenvalue weighted by Crippen LogP contribution is 2.27. The van der Waals surface area contributed by atoms with Crippen LogP contribution in [0.1, 0.15) is 13.8 Å². The van der Waals surface area contributed by atoms with Gasteiger partial charge in [0.2, 0.25) is 0 Å². The maximum Gasteiger partial charge on any atom is 0.0743 e. The van der Waals surface area contributed by atoms with Crippen LogP contribution in [0.15, 0.2) is 30.5 Å². The van der Waals surface area contributed by atoms with E-state index in [2.05, 4.69) is 36.1 Å². The number of nitrogens with zero attached hydrogens (tertiary/aromatic N) is 2. The van der Waals surface area contributed by atoms with Crippen molar-refractivity contribution in [2.45, 2.75) is 19.9 Å². The summed E-state index contributed by atoms with van der Waals surface area (Å²) in [7, 11) is 2.13. The number of nitrogens with two attached hydrogens (primary N) is 1. The van der Waals surface area contributed by atoms with E-state index >= 15 is 0 Å². The third-order valence-electron chi connectivity index (χ3n) is 3.45. The van der Waals surface area contributed by atoms with Crippen molar-refractivity contribution in [2.24, 2.45) is 0 Å². The largest absolute Gasteiger partial charge is 0.396 e. The van der Waals surface area contributed by atoms with Crippen LogP contribution in [0, 0.1) is 0 Å². The molecule has 4 nitrogen and oxygen atoms in total. The molecule has 2 rings (SSSR count). The molecule has 0 aliphatic carbocycles. The number of fused-ring (bicyclic) bond motifs is 1. The molecule has 0 saturated carbocycles. The minimum Gasteiger partial charge on any atom is -0.396 e. The normalized spacial score (nSPS) is 11.4. The van der Waals surface area contributed by atoms with Crippen molar-refractivity contribution in [3.05, 3.63) is 30.5 Å². The molecule has 0 aliphatic heterocycles. The van der Waals surface area contributed by atoms with Gasteiger partial charge in [-0.05, 0) is 27.0 Å². The highest BCUT2D eigenvalue weighted by atomic mass is 15.1. The van der Waals surface area contributed by atoms with Crippen LogP contribution in [0.2, 0.25) is 0 Å². The Morgan fingerprint density at radius 3 is 2.79 bits per heavy atom. The summed E-state index contributed by atoms with van der Waals surface area (Å²) < 4.78 is 0. The molecule has 1 aromatic heterocycles. The Labute approximate surface area is 114 Å². The summed E-state index contributed by atoms with van der Waals surface area (Å²) in [5, 5.41) is 4.51. The van der Waals surface area contributed by atoms with Gasteiger partial charge in [-0.3, -0.25) is 4.98 Å². The van der Waals surface area contributed by atoms with Crippen molar-refractivity contribution in [2.75, 3.05) is 31.2 Å². The van der Waals surface area contributed by atoms with Gasteiger partial charge in [-0.15, -0.1) is 0 Å². The van der Waals surface area contributed by atoms with Gasteiger partial charge in [0, 0.05) is 24.5 Å². The lowest BCUT2D eigenvalue weighted by Gasteiger charge is -2.21. The molecule has 4 heteroatoms. The van der Waals surface area contributed by atoms with E-state index in [-0.39, 0.29) is 0 Å². The van der Waals surface area contributed by atoms with Gasteiger partial charge in [-0.25, -0.2) is 0 Å². The number of para-hydroxylation sites is 1. The molecular weight excluding hydrogens is 236 g/mol. The Morgan fingerprint density at radius 1 is 1.32 bits per heavy atom. The Morgan fingerprint density at radius 2 is 2.05 bits per heavy atom. The molecule has 0 amide bonds. The number of rotatable bonds is 5. The Bertz CT molecular complexity index is 551. The number of hydrogen-bond acceptors (Lipinski definition) is 4. The maximum atomic E-state index is 6.02. The second-order valence-electron chi connectivity index (χ2n) is 5.11. The van der Waals surface area contributed by atoms with E-state index in [0.29, 0.717) is 11.7 Å². The van der Waals surface area contributed by atoms with Gasteiger partial charge < -0.3 is 16.0 Å².